The lowest BCUT2D eigenvalue weighted by Gasteiger charge is -2.27. The number of sulfonamides is 1. The molecule has 1 aromatic rings. The van der Waals surface area contributed by atoms with E-state index in [-0.39, 0.29) is 10.7 Å². The van der Waals surface area contributed by atoms with Crippen LogP contribution in [-0.2, 0) is 10.0 Å². The maximum atomic E-state index is 12.2. The molecule has 1 fully saturated rings. The number of carbonyl (C=O) groups is 1. The summed E-state index contributed by atoms with van der Waals surface area (Å²) in [6.07, 6.45) is 2.10. The first kappa shape index (κ1) is 15.0. The third-order valence-electron chi connectivity index (χ3n) is 3.41. The van der Waals surface area contributed by atoms with E-state index in [1.807, 2.05) is 0 Å². The van der Waals surface area contributed by atoms with Crippen LogP contribution in [0.1, 0.15) is 42.0 Å². The average molecular weight is 303 g/mol. The number of nitrogens with one attached hydrogen (secondary N) is 1. The number of aliphatic hydroxyl groups is 1. The Labute approximate surface area is 116 Å². The van der Waals surface area contributed by atoms with Crippen LogP contribution >= 0.6 is 0 Å². The molecule has 2 rings (SSSR count). The molecule has 8 heteroatoms. The molecule has 1 saturated carbocycles. The summed E-state index contributed by atoms with van der Waals surface area (Å²) in [5.74, 6) is -1.74. The van der Waals surface area contributed by atoms with Gasteiger partial charge >= 0.3 is 5.97 Å². The minimum absolute atomic E-state index is 0.0141. The van der Waals surface area contributed by atoms with Crippen LogP contribution in [0, 0.1) is 6.92 Å². The summed E-state index contributed by atoms with van der Waals surface area (Å²) in [5, 5.41) is 18.6. The second-order valence-corrected chi connectivity index (χ2v) is 6.60. The average Bonchev–Trinajstić information content (AvgIpc) is 2.75. The maximum absolute atomic E-state index is 12.2. The second-order valence-electron chi connectivity index (χ2n) is 4.92. The number of rotatable bonds is 4. The minimum atomic E-state index is -3.90. The molecule has 0 amide bonds. The first-order chi connectivity index (χ1) is 9.31. The Bertz CT molecular complexity index is 605. The van der Waals surface area contributed by atoms with Crippen molar-refractivity contribution < 1.29 is 27.8 Å². The number of furan rings is 1. The molecular formula is C12H17NO6S. The Kier molecular flexibility index (Phi) is 4.17. The van der Waals surface area contributed by atoms with Gasteiger partial charge in [-0.25, -0.2) is 17.9 Å². The van der Waals surface area contributed by atoms with Gasteiger partial charge in [0.15, 0.2) is 0 Å². The lowest BCUT2D eigenvalue weighted by atomic mass is 9.93. The van der Waals surface area contributed by atoms with Crippen molar-refractivity contribution >= 4 is 16.0 Å². The highest BCUT2D eigenvalue weighted by Gasteiger charge is 2.30. The zero-order valence-electron chi connectivity index (χ0n) is 11.0. The molecule has 112 valence electrons. The molecule has 0 aromatic carbocycles. The van der Waals surface area contributed by atoms with Gasteiger partial charge in [-0.05, 0) is 19.8 Å². The maximum Gasteiger partial charge on any atom is 0.371 e. The van der Waals surface area contributed by atoms with Crippen molar-refractivity contribution in [2.75, 3.05) is 0 Å². The molecule has 0 radical (unpaired) electrons. The Hall–Kier alpha value is -1.38. The molecule has 20 heavy (non-hydrogen) atoms. The third kappa shape index (κ3) is 3.02. The number of aliphatic hydroxyl groups excluding tert-OH is 1. The molecule has 0 spiro atoms. The third-order valence-corrected chi connectivity index (χ3v) is 5.01. The molecule has 3 N–H and O–H groups in total. The highest BCUT2D eigenvalue weighted by Crippen LogP contribution is 2.24. The van der Waals surface area contributed by atoms with E-state index in [9.17, 15) is 18.3 Å². The molecular weight excluding hydrogens is 286 g/mol. The van der Waals surface area contributed by atoms with E-state index in [1.54, 1.807) is 0 Å². The van der Waals surface area contributed by atoms with Crippen molar-refractivity contribution in [3.05, 3.63) is 17.6 Å². The quantitative estimate of drug-likeness (QED) is 0.759. The molecule has 0 aliphatic heterocycles. The second kappa shape index (κ2) is 5.55. The van der Waals surface area contributed by atoms with E-state index >= 15 is 0 Å². The Morgan fingerprint density at radius 3 is 2.60 bits per heavy atom. The Balaban J connectivity index is 2.24. The minimum Gasteiger partial charge on any atom is -0.475 e. The molecule has 1 aliphatic rings. The van der Waals surface area contributed by atoms with E-state index < -0.39 is 33.9 Å². The van der Waals surface area contributed by atoms with Gasteiger partial charge in [-0.15, -0.1) is 0 Å². The SMILES string of the molecule is Cc1oc(C(=O)O)cc1S(=O)(=O)N[C@H]1CCCC[C@@H]1O. The molecule has 1 aromatic heterocycles. The topological polar surface area (TPSA) is 117 Å². The standard InChI is InChI=1S/C12H17NO6S/c1-7-11(6-10(19-7)12(15)16)20(17,18)13-8-4-2-3-5-9(8)14/h6,8-9,13-14H,2-5H2,1H3,(H,15,16)/t8-,9-/m0/s1. The predicted octanol–water partition coefficient (Wildman–Crippen LogP) is 0.868. The number of carboxylic acids is 1. The number of aromatic carboxylic acids is 1. The summed E-state index contributed by atoms with van der Waals surface area (Å²) < 4.78 is 31.8. The van der Waals surface area contributed by atoms with Crippen molar-refractivity contribution in [1.29, 1.82) is 0 Å². The fourth-order valence-corrected chi connectivity index (χ4v) is 3.83. The molecule has 1 aliphatic carbocycles. The summed E-state index contributed by atoms with van der Waals surface area (Å²) in [4.78, 5) is 10.6. The number of carboxylic acid groups (broad SMARTS) is 1. The van der Waals surface area contributed by atoms with Crippen LogP contribution in [0.5, 0.6) is 0 Å². The van der Waals surface area contributed by atoms with Crippen molar-refractivity contribution in [3.8, 4) is 0 Å². The predicted molar refractivity (Wildman–Crippen MR) is 69.0 cm³/mol. The van der Waals surface area contributed by atoms with Crippen LogP contribution in [0.4, 0.5) is 0 Å². The fourth-order valence-electron chi connectivity index (χ4n) is 2.35. The monoisotopic (exact) mass is 303 g/mol. The largest absolute Gasteiger partial charge is 0.475 e. The molecule has 7 nitrogen and oxygen atoms in total. The van der Waals surface area contributed by atoms with Crippen LogP contribution in [0.3, 0.4) is 0 Å². The molecule has 2 atom stereocenters. The highest BCUT2D eigenvalue weighted by molar-refractivity contribution is 7.89. The van der Waals surface area contributed by atoms with Crippen LogP contribution in [0.2, 0.25) is 0 Å². The lowest BCUT2D eigenvalue weighted by molar-refractivity contribution is 0.0661. The van der Waals surface area contributed by atoms with E-state index in [1.165, 1.54) is 6.92 Å². The van der Waals surface area contributed by atoms with Gasteiger partial charge in [0.25, 0.3) is 0 Å². The van der Waals surface area contributed by atoms with Crippen LogP contribution in [-0.4, -0.2) is 36.7 Å². The van der Waals surface area contributed by atoms with Gasteiger partial charge in [0.1, 0.15) is 10.7 Å². The summed E-state index contributed by atoms with van der Waals surface area (Å²) in [6, 6.07) is 0.436. The zero-order chi connectivity index (χ0) is 14.9. The van der Waals surface area contributed by atoms with E-state index in [2.05, 4.69) is 4.72 Å². The molecule has 0 saturated heterocycles. The fraction of sp³-hybridized carbons (Fsp3) is 0.583. The van der Waals surface area contributed by atoms with Gasteiger partial charge in [-0.2, -0.15) is 0 Å². The summed E-state index contributed by atoms with van der Waals surface area (Å²) in [6.45, 7) is 1.39. The van der Waals surface area contributed by atoms with Gasteiger partial charge in [0.05, 0.1) is 6.10 Å². The highest BCUT2D eigenvalue weighted by atomic mass is 32.2. The Morgan fingerprint density at radius 2 is 2.05 bits per heavy atom. The van der Waals surface area contributed by atoms with Gasteiger partial charge in [0, 0.05) is 12.1 Å². The van der Waals surface area contributed by atoms with Crippen LogP contribution < -0.4 is 4.72 Å². The lowest BCUT2D eigenvalue weighted by Crippen LogP contribution is -2.45. The molecule has 0 bridgehead atoms. The zero-order valence-corrected chi connectivity index (χ0v) is 11.8. The summed E-state index contributed by atoms with van der Waals surface area (Å²) in [7, 11) is -3.90. The van der Waals surface area contributed by atoms with Crippen molar-refractivity contribution in [2.24, 2.45) is 0 Å². The van der Waals surface area contributed by atoms with Crippen molar-refractivity contribution in [3.63, 3.8) is 0 Å². The first-order valence-corrected chi connectivity index (χ1v) is 7.83. The van der Waals surface area contributed by atoms with E-state index in [0.29, 0.717) is 12.8 Å². The van der Waals surface area contributed by atoms with Gasteiger partial charge in [-0.1, -0.05) is 12.8 Å². The summed E-state index contributed by atoms with van der Waals surface area (Å²) >= 11 is 0. The Morgan fingerprint density at radius 1 is 1.40 bits per heavy atom. The summed E-state index contributed by atoms with van der Waals surface area (Å²) in [5.41, 5.74) is 0. The number of hydrogen-bond acceptors (Lipinski definition) is 5. The molecule has 1 heterocycles. The van der Waals surface area contributed by atoms with Crippen molar-refractivity contribution in [1.82, 2.24) is 4.72 Å². The van der Waals surface area contributed by atoms with Gasteiger partial charge in [0.2, 0.25) is 15.8 Å². The van der Waals surface area contributed by atoms with Crippen LogP contribution in [0.25, 0.3) is 0 Å². The smallest absolute Gasteiger partial charge is 0.371 e. The van der Waals surface area contributed by atoms with Crippen molar-refractivity contribution in [2.45, 2.75) is 49.6 Å². The normalized spacial score (nSPS) is 23.7. The van der Waals surface area contributed by atoms with E-state index in [0.717, 1.165) is 18.9 Å². The van der Waals surface area contributed by atoms with Gasteiger partial charge < -0.3 is 14.6 Å². The number of aryl methyl sites for hydroxylation is 1. The number of hydrogen-bond donors (Lipinski definition) is 3. The molecule has 0 unspecified atom stereocenters. The van der Waals surface area contributed by atoms with Crippen LogP contribution in [0.15, 0.2) is 15.4 Å². The van der Waals surface area contributed by atoms with Gasteiger partial charge in [-0.3, -0.25) is 0 Å². The van der Waals surface area contributed by atoms with E-state index in [4.69, 9.17) is 9.52 Å². The first-order valence-electron chi connectivity index (χ1n) is 6.35.